The van der Waals surface area contributed by atoms with Gasteiger partial charge in [0.2, 0.25) is 5.91 Å². The number of rotatable bonds is 7. The summed E-state index contributed by atoms with van der Waals surface area (Å²) < 4.78 is 0. The number of hydrogen-bond donors (Lipinski definition) is 1. The van der Waals surface area contributed by atoms with Gasteiger partial charge in [0.05, 0.1) is 0 Å². The van der Waals surface area contributed by atoms with E-state index >= 15 is 0 Å². The van der Waals surface area contributed by atoms with Crippen LogP contribution in [0.4, 0.5) is 0 Å². The third kappa shape index (κ3) is 6.65. The van der Waals surface area contributed by atoms with Gasteiger partial charge in [-0.2, -0.15) is 0 Å². The number of amides is 1. The lowest BCUT2D eigenvalue weighted by atomic mass is 9.83. The van der Waals surface area contributed by atoms with Gasteiger partial charge in [0, 0.05) is 12.1 Å². The molecule has 0 saturated carbocycles. The van der Waals surface area contributed by atoms with Gasteiger partial charge in [0.1, 0.15) is 0 Å². The molecule has 0 radical (unpaired) electrons. The fourth-order valence-electron chi connectivity index (χ4n) is 1.33. The Kier molecular flexibility index (Phi) is 6.39. The predicted molar refractivity (Wildman–Crippen MR) is 70.3 cm³/mol. The van der Waals surface area contributed by atoms with E-state index in [1.54, 1.807) is 6.92 Å². The molecule has 0 spiro atoms. The highest BCUT2D eigenvalue weighted by Gasteiger charge is 2.16. The van der Waals surface area contributed by atoms with Crippen LogP contribution in [0.5, 0.6) is 0 Å². The van der Waals surface area contributed by atoms with Crippen LogP contribution in [-0.4, -0.2) is 12.5 Å². The van der Waals surface area contributed by atoms with Crippen molar-refractivity contribution in [3.8, 4) is 0 Å². The summed E-state index contributed by atoms with van der Waals surface area (Å²) >= 11 is 0. The van der Waals surface area contributed by atoms with Gasteiger partial charge in [-0.05, 0) is 31.1 Å². The lowest BCUT2D eigenvalue weighted by molar-refractivity contribution is -0.117. The Morgan fingerprint density at radius 3 is 2.44 bits per heavy atom. The molecule has 0 rings (SSSR count). The zero-order valence-corrected chi connectivity index (χ0v) is 11.5. The fourth-order valence-corrected chi connectivity index (χ4v) is 1.33. The molecule has 0 fully saturated rings. The minimum Gasteiger partial charge on any atom is -0.352 e. The second-order valence-corrected chi connectivity index (χ2v) is 5.65. The number of hydrogen-bond acceptors (Lipinski definition) is 1. The molecule has 0 aliphatic carbocycles. The molecule has 2 heteroatoms. The molecule has 0 aromatic rings. The monoisotopic (exact) mass is 225 g/mol. The number of carbonyl (C=O) groups excluding carboxylic acids is 1. The van der Waals surface area contributed by atoms with Crippen molar-refractivity contribution < 1.29 is 4.79 Å². The number of carbonyl (C=O) groups is 1. The summed E-state index contributed by atoms with van der Waals surface area (Å²) in [7, 11) is 0. The van der Waals surface area contributed by atoms with Gasteiger partial charge in [-0.15, -0.1) is 0 Å². The Labute approximate surface area is 101 Å². The molecule has 0 aromatic carbocycles. The first-order valence-corrected chi connectivity index (χ1v) is 6.22. The van der Waals surface area contributed by atoms with Crippen LogP contribution in [0, 0.1) is 11.3 Å². The normalized spacial score (nSPS) is 13.3. The largest absolute Gasteiger partial charge is 0.352 e. The molecule has 0 saturated heterocycles. The van der Waals surface area contributed by atoms with E-state index in [1.165, 1.54) is 12.8 Å². The molecule has 0 aliphatic rings. The highest BCUT2D eigenvalue weighted by Crippen LogP contribution is 2.27. The molecule has 0 aromatic heterocycles. The van der Waals surface area contributed by atoms with Crippen LogP contribution in [0.2, 0.25) is 0 Å². The maximum absolute atomic E-state index is 11.3. The van der Waals surface area contributed by atoms with Crippen LogP contribution in [0.3, 0.4) is 0 Å². The molecular formula is C14H27NO. The van der Waals surface area contributed by atoms with Crippen LogP contribution in [0.1, 0.15) is 53.9 Å². The van der Waals surface area contributed by atoms with Crippen LogP contribution in [0.15, 0.2) is 12.2 Å². The van der Waals surface area contributed by atoms with E-state index in [9.17, 15) is 4.79 Å². The van der Waals surface area contributed by atoms with Gasteiger partial charge >= 0.3 is 0 Å². The van der Waals surface area contributed by atoms with Crippen LogP contribution < -0.4 is 5.32 Å². The molecule has 1 amide bonds. The van der Waals surface area contributed by atoms with Crippen molar-refractivity contribution in [2.24, 2.45) is 11.3 Å². The van der Waals surface area contributed by atoms with E-state index in [0.717, 1.165) is 13.0 Å². The zero-order valence-electron chi connectivity index (χ0n) is 11.5. The summed E-state index contributed by atoms with van der Waals surface area (Å²) in [4.78, 5) is 11.3. The molecular weight excluding hydrogens is 198 g/mol. The Morgan fingerprint density at radius 1 is 1.44 bits per heavy atom. The lowest BCUT2D eigenvalue weighted by Gasteiger charge is -2.24. The minimum atomic E-state index is -0.0263. The first kappa shape index (κ1) is 15.2. The SMILES string of the molecule is C=C(C)C(=O)NCC(C)CCC(C)(C)CC. The summed E-state index contributed by atoms with van der Waals surface area (Å²) in [6, 6.07) is 0. The molecule has 1 unspecified atom stereocenters. The van der Waals surface area contributed by atoms with Crippen molar-refractivity contribution in [3.63, 3.8) is 0 Å². The van der Waals surface area contributed by atoms with E-state index in [4.69, 9.17) is 0 Å². The van der Waals surface area contributed by atoms with E-state index in [2.05, 4.69) is 39.6 Å². The molecule has 16 heavy (non-hydrogen) atoms. The summed E-state index contributed by atoms with van der Waals surface area (Å²) in [5.41, 5.74) is 1.01. The minimum absolute atomic E-state index is 0.0263. The van der Waals surface area contributed by atoms with E-state index < -0.39 is 0 Å². The molecule has 0 heterocycles. The van der Waals surface area contributed by atoms with Crippen molar-refractivity contribution in [2.45, 2.75) is 53.9 Å². The van der Waals surface area contributed by atoms with Gasteiger partial charge < -0.3 is 5.32 Å². The van der Waals surface area contributed by atoms with Gasteiger partial charge in [-0.3, -0.25) is 4.79 Å². The standard InChI is InChI=1S/C14H27NO/c1-7-14(5,6)9-8-12(4)10-15-13(16)11(2)3/h12H,2,7-10H2,1,3-6H3,(H,15,16). The summed E-state index contributed by atoms with van der Waals surface area (Å²) in [6.07, 6.45) is 3.59. The Hall–Kier alpha value is -0.790. The molecule has 0 bridgehead atoms. The number of nitrogens with one attached hydrogen (secondary N) is 1. The quantitative estimate of drug-likeness (QED) is 0.660. The topological polar surface area (TPSA) is 29.1 Å². The smallest absolute Gasteiger partial charge is 0.246 e. The van der Waals surface area contributed by atoms with E-state index in [-0.39, 0.29) is 5.91 Å². The molecule has 1 atom stereocenters. The third-order valence-electron chi connectivity index (χ3n) is 3.27. The summed E-state index contributed by atoms with van der Waals surface area (Å²) in [5, 5.41) is 2.90. The highest BCUT2D eigenvalue weighted by molar-refractivity contribution is 5.92. The Bertz CT molecular complexity index is 243. The lowest BCUT2D eigenvalue weighted by Crippen LogP contribution is -2.29. The average Bonchev–Trinajstić information content (AvgIpc) is 2.23. The van der Waals surface area contributed by atoms with Gasteiger partial charge in [0.15, 0.2) is 0 Å². The summed E-state index contributed by atoms with van der Waals surface area (Å²) in [6.45, 7) is 15.1. The van der Waals surface area contributed by atoms with E-state index in [1.807, 2.05) is 0 Å². The Balaban J connectivity index is 3.79. The van der Waals surface area contributed by atoms with Crippen molar-refractivity contribution in [1.82, 2.24) is 5.32 Å². The van der Waals surface area contributed by atoms with E-state index in [0.29, 0.717) is 16.9 Å². The van der Waals surface area contributed by atoms with Gasteiger partial charge in [-0.25, -0.2) is 0 Å². The first-order chi connectivity index (χ1) is 7.28. The molecule has 94 valence electrons. The van der Waals surface area contributed by atoms with Crippen LogP contribution in [-0.2, 0) is 4.79 Å². The van der Waals surface area contributed by atoms with Crippen molar-refractivity contribution in [1.29, 1.82) is 0 Å². The van der Waals surface area contributed by atoms with Crippen LogP contribution >= 0.6 is 0 Å². The Morgan fingerprint density at radius 2 is 2.00 bits per heavy atom. The van der Waals surface area contributed by atoms with Crippen molar-refractivity contribution in [3.05, 3.63) is 12.2 Å². The fraction of sp³-hybridized carbons (Fsp3) is 0.786. The molecule has 2 nitrogen and oxygen atoms in total. The maximum Gasteiger partial charge on any atom is 0.246 e. The van der Waals surface area contributed by atoms with Crippen molar-refractivity contribution in [2.75, 3.05) is 6.54 Å². The van der Waals surface area contributed by atoms with Crippen molar-refractivity contribution >= 4 is 5.91 Å². The van der Waals surface area contributed by atoms with Crippen LogP contribution in [0.25, 0.3) is 0 Å². The van der Waals surface area contributed by atoms with Gasteiger partial charge in [0.25, 0.3) is 0 Å². The summed E-state index contributed by atoms with van der Waals surface area (Å²) in [5.74, 6) is 0.510. The molecule has 0 aliphatic heterocycles. The van der Waals surface area contributed by atoms with Gasteiger partial charge in [-0.1, -0.05) is 40.7 Å². The second kappa shape index (κ2) is 6.72. The molecule has 1 N–H and O–H groups in total. The second-order valence-electron chi connectivity index (χ2n) is 5.65. The highest BCUT2D eigenvalue weighted by atomic mass is 16.1. The third-order valence-corrected chi connectivity index (χ3v) is 3.27. The first-order valence-electron chi connectivity index (χ1n) is 6.22. The maximum atomic E-state index is 11.3. The zero-order chi connectivity index (χ0) is 12.8. The predicted octanol–water partition coefficient (Wildman–Crippen LogP) is 3.53. The average molecular weight is 225 g/mol.